The van der Waals surface area contributed by atoms with E-state index in [1.54, 1.807) is 0 Å². The second kappa shape index (κ2) is 4.87. The number of benzene rings is 3. The molecule has 0 saturated carbocycles. The minimum atomic E-state index is 0.107. The second-order valence-electron chi connectivity index (χ2n) is 10.4. The first kappa shape index (κ1) is 17.1. The standard InChI is InChI=1S/C27H27NO/c1-25(2)19-12-17-16-11-18-15-9-7-8-10-23(15)29-24(18)14-22(16)28-21(17)13-20(19)26(3,4)27(25,5)6/h7-14,28H,1-6H3. The number of fused-ring (bicyclic) bond motifs is 7. The Morgan fingerprint density at radius 2 is 1.24 bits per heavy atom. The lowest BCUT2D eigenvalue weighted by Crippen LogP contribution is -2.42. The van der Waals surface area contributed by atoms with Gasteiger partial charge in [-0.2, -0.15) is 0 Å². The summed E-state index contributed by atoms with van der Waals surface area (Å²) in [6, 6.07) is 17.6. The van der Waals surface area contributed by atoms with Gasteiger partial charge in [0.2, 0.25) is 0 Å². The maximum absolute atomic E-state index is 6.11. The molecule has 1 aliphatic rings. The SMILES string of the molecule is CC1(C)c2cc3[nH]c4cc5oc6ccccc6c5cc4c3cc2C(C)(C)C1(C)C. The average molecular weight is 382 g/mol. The Bertz CT molecular complexity index is 1470. The summed E-state index contributed by atoms with van der Waals surface area (Å²) in [4.78, 5) is 3.68. The van der Waals surface area contributed by atoms with Gasteiger partial charge in [0.05, 0.1) is 5.52 Å². The monoisotopic (exact) mass is 381 g/mol. The average Bonchev–Trinajstić information content (AvgIpc) is 3.23. The van der Waals surface area contributed by atoms with E-state index in [-0.39, 0.29) is 16.2 Å². The Morgan fingerprint density at radius 3 is 2.00 bits per heavy atom. The van der Waals surface area contributed by atoms with Crippen molar-refractivity contribution in [2.75, 3.05) is 0 Å². The molecule has 1 N–H and O–H groups in total. The molecule has 2 heteroatoms. The minimum absolute atomic E-state index is 0.107. The van der Waals surface area contributed by atoms with Gasteiger partial charge in [0.25, 0.3) is 0 Å². The van der Waals surface area contributed by atoms with Crippen LogP contribution in [-0.2, 0) is 10.8 Å². The van der Waals surface area contributed by atoms with Gasteiger partial charge in [-0.1, -0.05) is 59.7 Å². The van der Waals surface area contributed by atoms with Crippen LogP contribution < -0.4 is 0 Å². The summed E-state index contributed by atoms with van der Waals surface area (Å²) >= 11 is 0. The summed E-state index contributed by atoms with van der Waals surface area (Å²) in [6.45, 7) is 14.4. The van der Waals surface area contributed by atoms with Crippen molar-refractivity contribution in [2.24, 2.45) is 5.41 Å². The third kappa shape index (κ3) is 1.84. The molecule has 5 aromatic rings. The molecule has 0 saturated heterocycles. The number of rotatable bonds is 0. The summed E-state index contributed by atoms with van der Waals surface area (Å²) in [6.07, 6.45) is 0. The first-order chi connectivity index (χ1) is 13.6. The fourth-order valence-electron chi connectivity index (χ4n) is 5.66. The summed E-state index contributed by atoms with van der Waals surface area (Å²) in [5.74, 6) is 0. The number of aromatic amines is 1. The van der Waals surface area contributed by atoms with E-state index in [4.69, 9.17) is 4.42 Å². The molecule has 1 aliphatic carbocycles. The Labute approximate surface area is 170 Å². The van der Waals surface area contributed by atoms with Crippen LogP contribution in [0.15, 0.2) is 52.9 Å². The van der Waals surface area contributed by atoms with Gasteiger partial charge in [0.1, 0.15) is 11.2 Å². The van der Waals surface area contributed by atoms with Crippen LogP contribution in [0.1, 0.15) is 52.7 Å². The van der Waals surface area contributed by atoms with Crippen LogP contribution in [0, 0.1) is 5.41 Å². The molecule has 0 bridgehead atoms. The molecule has 0 unspecified atom stereocenters. The van der Waals surface area contributed by atoms with E-state index in [1.165, 1.54) is 38.2 Å². The highest BCUT2D eigenvalue weighted by atomic mass is 16.3. The molecule has 146 valence electrons. The highest BCUT2D eigenvalue weighted by Crippen LogP contribution is 2.62. The Hall–Kier alpha value is -2.74. The molecule has 2 aromatic heterocycles. The van der Waals surface area contributed by atoms with Crippen molar-refractivity contribution in [3.05, 3.63) is 59.7 Å². The van der Waals surface area contributed by atoms with Gasteiger partial charge < -0.3 is 9.40 Å². The maximum atomic E-state index is 6.11. The summed E-state index contributed by atoms with van der Waals surface area (Å²) in [5, 5.41) is 4.96. The molecule has 0 radical (unpaired) electrons. The number of hydrogen-bond acceptors (Lipinski definition) is 1. The highest BCUT2D eigenvalue weighted by Gasteiger charge is 2.56. The molecule has 2 nitrogen and oxygen atoms in total. The molecule has 0 aliphatic heterocycles. The lowest BCUT2D eigenvalue weighted by Gasteiger charge is -2.44. The first-order valence-electron chi connectivity index (χ1n) is 10.5. The van der Waals surface area contributed by atoms with Crippen LogP contribution in [0.5, 0.6) is 0 Å². The zero-order valence-electron chi connectivity index (χ0n) is 18.0. The van der Waals surface area contributed by atoms with Gasteiger partial charge in [-0.05, 0) is 51.6 Å². The van der Waals surface area contributed by atoms with Gasteiger partial charge in [0, 0.05) is 33.1 Å². The fraction of sp³-hybridized carbons (Fsp3) is 0.333. The van der Waals surface area contributed by atoms with Crippen LogP contribution in [0.2, 0.25) is 0 Å². The molecule has 29 heavy (non-hydrogen) atoms. The van der Waals surface area contributed by atoms with Crippen molar-refractivity contribution < 1.29 is 4.42 Å². The molecular weight excluding hydrogens is 354 g/mol. The Morgan fingerprint density at radius 1 is 0.621 bits per heavy atom. The van der Waals surface area contributed by atoms with E-state index in [9.17, 15) is 0 Å². The van der Waals surface area contributed by atoms with Crippen LogP contribution >= 0.6 is 0 Å². The summed E-state index contributed by atoms with van der Waals surface area (Å²) in [7, 11) is 0. The molecule has 0 spiro atoms. The molecule has 0 amide bonds. The first-order valence-corrected chi connectivity index (χ1v) is 10.5. The van der Waals surface area contributed by atoms with Crippen LogP contribution in [0.3, 0.4) is 0 Å². The zero-order chi connectivity index (χ0) is 20.3. The zero-order valence-corrected chi connectivity index (χ0v) is 18.0. The van der Waals surface area contributed by atoms with E-state index in [1.807, 2.05) is 12.1 Å². The third-order valence-corrected chi connectivity index (χ3v) is 8.71. The molecule has 0 fully saturated rings. The molecule has 2 heterocycles. The summed E-state index contributed by atoms with van der Waals surface area (Å²) < 4.78 is 6.11. The van der Waals surface area contributed by atoms with Gasteiger partial charge in [-0.25, -0.2) is 0 Å². The largest absolute Gasteiger partial charge is 0.456 e. The van der Waals surface area contributed by atoms with Crippen LogP contribution in [0.4, 0.5) is 0 Å². The predicted molar refractivity (Wildman–Crippen MR) is 123 cm³/mol. The Kier molecular flexibility index (Phi) is 2.88. The van der Waals surface area contributed by atoms with Crippen LogP contribution in [0.25, 0.3) is 43.7 Å². The van der Waals surface area contributed by atoms with E-state index >= 15 is 0 Å². The molecule has 6 rings (SSSR count). The predicted octanol–water partition coefficient (Wildman–Crippen LogP) is 7.82. The molecule has 0 atom stereocenters. The smallest absolute Gasteiger partial charge is 0.137 e. The highest BCUT2D eigenvalue weighted by molar-refractivity contribution is 6.16. The quantitative estimate of drug-likeness (QED) is 0.291. The van der Waals surface area contributed by atoms with Crippen molar-refractivity contribution in [3.63, 3.8) is 0 Å². The Balaban J connectivity index is 1.73. The lowest BCUT2D eigenvalue weighted by molar-refractivity contribution is 0.125. The number of aromatic nitrogens is 1. The number of H-pyrrole nitrogens is 1. The third-order valence-electron chi connectivity index (χ3n) is 8.71. The van der Waals surface area contributed by atoms with Gasteiger partial charge in [-0.3, -0.25) is 0 Å². The normalized spacial score (nSPS) is 19.5. The number of furan rings is 1. The van der Waals surface area contributed by atoms with Gasteiger partial charge in [-0.15, -0.1) is 0 Å². The second-order valence-corrected chi connectivity index (χ2v) is 10.4. The summed E-state index contributed by atoms with van der Waals surface area (Å²) in [5.41, 5.74) is 7.60. The van der Waals surface area contributed by atoms with E-state index < -0.39 is 0 Å². The van der Waals surface area contributed by atoms with E-state index in [2.05, 4.69) is 82.9 Å². The van der Waals surface area contributed by atoms with E-state index in [0.29, 0.717) is 0 Å². The topological polar surface area (TPSA) is 28.9 Å². The maximum Gasteiger partial charge on any atom is 0.137 e. The van der Waals surface area contributed by atoms with Crippen molar-refractivity contribution in [1.29, 1.82) is 0 Å². The van der Waals surface area contributed by atoms with Gasteiger partial charge in [0.15, 0.2) is 0 Å². The fourth-order valence-corrected chi connectivity index (χ4v) is 5.66. The van der Waals surface area contributed by atoms with E-state index in [0.717, 1.165) is 16.7 Å². The van der Waals surface area contributed by atoms with Crippen molar-refractivity contribution in [2.45, 2.75) is 52.4 Å². The van der Waals surface area contributed by atoms with Crippen molar-refractivity contribution in [1.82, 2.24) is 4.98 Å². The molecular formula is C27H27NO. The number of hydrogen-bond donors (Lipinski definition) is 1. The van der Waals surface area contributed by atoms with Gasteiger partial charge >= 0.3 is 0 Å². The van der Waals surface area contributed by atoms with Crippen molar-refractivity contribution in [3.8, 4) is 0 Å². The molecule has 3 aromatic carbocycles. The number of nitrogens with one attached hydrogen (secondary N) is 1. The lowest BCUT2D eigenvalue weighted by atomic mass is 9.59. The number of para-hydroxylation sites is 1. The van der Waals surface area contributed by atoms with Crippen molar-refractivity contribution >= 4 is 43.7 Å². The minimum Gasteiger partial charge on any atom is -0.456 e. The van der Waals surface area contributed by atoms with Crippen LogP contribution in [-0.4, -0.2) is 4.98 Å².